The highest BCUT2D eigenvalue weighted by atomic mass is 35.5. The summed E-state index contributed by atoms with van der Waals surface area (Å²) in [5.74, 6) is 4.32. The summed E-state index contributed by atoms with van der Waals surface area (Å²) in [5, 5.41) is 10.8. The van der Waals surface area contributed by atoms with Crippen molar-refractivity contribution in [2.24, 2.45) is 17.5 Å². The minimum Gasteiger partial charge on any atom is -0.382 e. The van der Waals surface area contributed by atoms with Crippen molar-refractivity contribution in [3.05, 3.63) is 34.9 Å². The summed E-state index contributed by atoms with van der Waals surface area (Å²) in [7, 11) is 0. The minimum atomic E-state index is -1.51. The van der Waals surface area contributed by atoms with Crippen LogP contribution in [0.3, 0.4) is 0 Å². The second kappa shape index (κ2) is 8.58. The lowest BCUT2D eigenvalue weighted by Gasteiger charge is -2.28. The molecule has 0 bridgehead atoms. The van der Waals surface area contributed by atoms with Gasteiger partial charge in [-0.3, -0.25) is 9.59 Å². The van der Waals surface area contributed by atoms with Crippen LogP contribution < -0.4 is 11.6 Å². The number of halogens is 1. The minimum absolute atomic E-state index is 0.100. The predicted molar refractivity (Wildman–Crippen MR) is 92.0 cm³/mol. The van der Waals surface area contributed by atoms with Gasteiger partial charge < -0.3 is 10.8 Å². The Morgan fingerprint density at radius 2 is 1.88 bits per heavy atom. The van der Waals surface area contributed by atoms with Gasteiger partial charge in [-0.15, -0.1) is 0 Å². The number of hydrogen-bond acceptors (Lipinski definition) is 5. The number of aliphatic hydroxyl groups is 1. The molecule has 1 unspecified atom stereocenters. The van der Waals surface area contributed by atoms with Crippen molar-refractivity contribution in [2.45, 2.75) is 50.7 Å². The lowest BCUT2D eigenvalue weighted by atomic mass is 9.84. The maximum atomic E-state index is 12.3. The van der Waals surface area contributed by atoms with Crippen LogP contribution in [0.4, 0.5) is 0 Å². The van der Waals surface area contributed by atoms with Crippen molar-refractivity contribution >= 4 is 23.4 Å². The van der Waals surface area contributed by atoms with Crippen molar-refractivity contribution in [3.63, 3.8) is 0 Å². The molecule has 1 aliphatic carbocycles. The quantitative estimate of drug-likeness (QED) is 0.425. The molecule has 6 nitrogen and oxygen atoms in total. The number of carbonyl (C=O) groups is 2. The molecule has 1 aromatic rings. The number of amides is 2. The molecule has 0 heterocycles. The van der Waals surface area contributed by atoms with Gasteiger partial charge in [-0.2, -0.15) is 0 Å². The van der Waals surface area contributed by atoms with E-state index in [1.54, 1.807) is 12.1 Å². The molecule has 5 N–H and O–H groups in total. The molecule has 7 heteroatoms. The van der Waals surface area contributed by atoms with Crippen LogP contribution in [0.25, 0.3) is 0 Å². The van der Waals surface area contributed by atoms with Crippen LogP contribution in [0.15, 0.2) is 24.3 Å². The van der Waals surface area contributed by atoms with Gasteiger partial charge >= 0.3 is 0 Å². The number of nitrogens with zero attached hydrogens (tertiary/aromatic N) is 1. The average Bonchev–Trinajstić information content (AvgIpc) is 2.60. The van der Waals surface area contributed by atoms with Crippen molar-refractivity contribution in [1.29, 1.82) is 0 Å². The van der Waals surface area contributed by atoms with E-state index < -0.39 is 24.0 Å². The van der Waals surface area contributed by atoms with Gasteiger partial charge in [-0.05, 0) is 24.5 Å². The Bertz CT molecular complexity index is 590. The topological polar surface area (TPSA) is 110 Å². The Labute approximate surface area is 146 Å². The van der Waals surface area contributed by atoms with Crippen molar-refractivity contribution < 1.29 is 14.7 Å². The zero-order valence-corrected chi connectivity index (χ0v) is 14.3. The van der Waals surface area contributed by atoms with E-state index in [9.17, 15) is 14.7 Å². The Balaban J connectivity index is 1.98. The number of carbonyl (C=O) groups excluding carboxylic acids is 2. The van der Waals surface area contributed by atoms with E-state index in [4.69, 9.17) is 23.2 Å². The number of hydrazine groups is 1. The van der Waals surface area contributed by atoms with Gasteiger partial charge in [0.2, 0.25) is 0 Å². The molecule has 0 aliphatic heterocycles. The standard InChI is InChI=1S/C17H24ClN3O3/c18-13-9-5-4-8-12(13)16(23)21(20)17(24)15(22)14(19)10-11-6-2-1-3-7-11/h4-5,8-9,11,14-15,22H,1-3,6-7,10,19-20H2/t14-,15?/m1/s1. The van der Waals surface area contributed by atoms with Crippen molar-refractivity contribution in [2.75, 3.05) is 0 Å². The fourth-order valence-electron chi connectivity index (χ4n) is 3.13. The monoisotopic (exact) mass is 353 g/mol. The highest BCUT2D eigenvalue weighted by Crippen LogP contribution is 2.27. The first-order chi connectivity index (χ1) is 11.4. The van der Waals surface area contributed by atoms with Crippen LogP contribution in [0.5, 0.6) is 0 Å². The van der Waals surface area contributed by atoms with Gasteiger partial charge in [0.25, 0.3) is 11.8 Å². The summed E-state index contributed by atoms with van der Waals surface area (Å²) < 4.78 is 0. The average molecular weight is 354 g/mol. The summed E-state index contributed by atoms with van der Waals surface area (Å²) in [5.41, 5.74) is 6.07. The van der Waals surface area contributed by atoms with Crippen LogP contribution >= 0.6 is 11.6 Å². The van der Waals surface area contributed by atoms with E-state index in [2.05, 4.69) is 0 Å². The maximum absolute atomic E-state index is 12.3. The third-order valence-corrected chi connectivity index (χ3v) is 4.88. The zero-order valence-electron chi connectivity index (χ0n) is 13.5. The Morgan fingerprint density at radius 3 is 2.50 bits per heavy atom. The van der Waals surface area contributed by atoms with Crippen LogP contribution in [0, 0.1) is 5.92 Å². The van der Waals surface area contributed by atoms with E-state index in [-0.39, 0.29) is 10.6 Å². The van der Waals surface area contributed by atoms with Crippen LogP contribution in [0.2, 0.25) is 5.02 Å². The molecule has 132 valence electrons. The highest BCUT2D eigenvalue weighted by molar-refractivity contribution is 6.34. The normalized spacial score (nSPS) is 18.0. The molecule has 1 fully saturated rings. The Hall–Kier alpha value is -1.47. The first-order valence-electron chi connectivity index (χ1n) is 8.23. The molecule has 2 atom stereocenters. The first-order valence-corrected chi connectivity index (χ1v) is 8.60. The number of rotatable bonds is 5. The van der Waals surface area contributed by atoms with Crippen molar-refractivity contribution in [3.8, 4) is 0 Å². The van der Waals surface area contributed by atoms with Gasteiger partial charge in [0.15, 0.2) is 0 Å². The summed E-state index contributed by atoms with van der Waals surface area (Å²) >= 11 is 5.94. The zero-order chi connectivity index (χ0) is 17.7. The van der Waals surface area contributed by atoms with Crippen LogP contribution in [-0.2, 0) is 4.79 Å². The Kier molecular flexibility index (Phi) is 6.74. The van der Waals surface area contributed by atoms with E-state index in [0.29, 0.717) is 17.3 Å². The molecule has 24 heavy (non-hydrogen) atoms. The summed E-state index contributed by atoms with van der Waals surface area (Å²) in [4.78, 5) is 24.5. The molecule has 2 rings (SSSR count). The molecule has 0 radical (unpaired) electrons. The van der Waals surface area contributed by atoms with E-state index in [0.717, 1.165) is 25.7 Å². The number of benzene rings is 1. The molecule has 1 aliphatic rings. The second-order valence-electron chi connectivity index (χ2n) is 6.34. The summed E-state index contributed by atoms with van der Waals surface area (Å²) in [6.07, 6.45) is 4.66. The van der Waals surface area contributed by atoms with E-state index >= 15 is 0 Å². The van der Waals surface area contributed by atoms with Gasteiger partial charge in [0, 0.05) is 6.04 Å². The SMILES string of the molecule is N[C@H](CC1CCCCC1)C(O)C(=O)N(N)C(=O)c1ccccc1Cl. The molecule has 0 aromatic heterocycles. The second-order valence-corrected chi connectivity index (χ2v) is 6.75. The van der Waals surface area contributed by atoms with E-state index in [1.165, 1.54) is 18.6 Å². The maximum Gasteiger partial charge on any atom is 0.276 e. The Morgan fingerprint density at radius 1 is 1.25 bits per heavy atom. The fraction of sp³-hybridized carbons (Fsp3) is 0.529. The highest BCUT2D eigenvalue weighted by Gasteiger charge is 2.32. The van der Waals surface area contributed by atoms with Crippen LogP contribution in [0.1, 0.15) is 48.9 Å². The molecular weight excluding hydrogens is 330 g/mol. The molecule has 0 saturated heterocycles. The summed E-state index contributed by atoms with van der Waals surface area (Å²) in [6.45, 7) is 0. The van der Waals surface area contributed by atoms with Crippen LogP contribution in [-0.4, -0.2) is 34.1 Å². The molecule has 1 aromatic carbocycles. The summed E-state index contributed by atoms with van der Waals surface area (Å²) in [6, 6.07) is 5.52. The molecule has 1 saturated carbocycles. The smallest absolute Gasteiger partial charge is 0.276 e. The number of hydrogen-bond donors (Lipinski definition) is 3. The van der Waals surface area contributed by atoms with E-state index in [1.807, 2.05) is 0 Å². The van der Waals surface area contributed by atoms with Crippen molar-refractivity contribution in [1.82, 2.24) is 5.01 Å². The molecular formula is C17H24ClN3O3. The lowest BCUT2D eigenvalue weighted by molar-refractivity contribution is -0.138. The number of nitrogens with two attached hydrogens (primary N) is 2. The third kappa shape index (κ3) is 4.54. The third-order valence-electron chi connectivity index (χ3n) is 4.55. The largest absolute Gasteiger partial charge is 0.382 e. The lowest BCUT2D eigenvalue weighted by Crippen LogP contribution is -2.53. The van der Waals surface area contributed by atoms with Gasteiger partial charge in [-0.1, -0.05) is 55.8 Å². The number of aliphatic hydroxyl groups excluding tert-OH is 1. The molecule has 0 spiro atoms. The van der Waals surface area contributed by atoms with Gasteiger partial charge in [0.05, 0.1) is 10.6 Å². The first kappa shape index (κ1) is 18.9. The van der Waals surface area contributed by atoms with Gasteiger partial charge in [-0.25, -0.2) is 10.9 Å². The number of imide groups is 1. The molecule has 2 amide bonds. The fourth-order valence-corrected chi connectivity index (χ4v) is 3.34. The predicted octanol–water partition coefficient (Wildman–Crippen LogP) is 1.84. The van der Waals surface area contributed by atoms with Gasteiger partial charge in [0.1, 0.15) is 6.10 Å².